The summed E-state index contributed by atoms with van der Waals surface area (Å²) in [7, 11) is 1.55. The first-order chi connectivity index (χ1) is 11.7. The van der Waals surface area contributed by atoms with Crippen molar-refractivity contribution in [1.82, 2.24) is 4.98 Å². The van der Waals surface area contributed by atoms with Gasteiger partial charge in [0, 0.05) is 18.1 Å². The van der Waals surface area contributed by atoms with E-state index in [0.29, 0.717) is 22.2 Å². The summed E-state index contributed by atoms with van der Waals surface area (Å²) in [4.78, 5) is 19.3. The van der Waals surface area contributed by atoms with Crippen molar-refractivity contribution in [3.05, 3.63) is 47.1 Å². The normalized spacial score (nSPS) is 14.3. The van der Waals surface area contributed by atoms with E-state index in [9.17, 15) is 4.79 Å². The van der Waals surface area contributed by atoms with E-state index in [1.54, 1.807) is 31.4 Å². The summed E-state index contributed by atoms with van der Waals surface area (Å²) in [6.45, 7) is 1.97. The summed E-state index contributed by atoms with van der Waals surface area (Å²) in [6.07, 6.45) is 3.58. The number of benzene rings is 1. The fourth-order valence-corrected chi connectivity index (χ4v) is 2.99. The van der Waals surface area contributed by atoms with E-state index >= 15 is 0 Å². The Morgan fingerprint density at radius 3 is 2.75 bits per heavy atom. The molecule has 2 heterocycles. The molecule has 0 aliphatic carbocycles. The van der Waals surface area contributed by atoms with E-state index in [1.807, 2.05) is 12.1 Å². The number of amides is 1. The van der Waals surface area contributed by atoms with Gasteiger partial charge in [0.2, 0.25) is 0 Å². The van der Waals surface area contributed by atoms with Gasteiger partial charge in [0.15, 0.2) is 0 Å². The first-order valence-electron chi connectivity index (χ1n) is 8.04. The van der Waals surface area contributed by atoms with Crippen LogP contribution in [0.3, 0.4) is 0 Å². The molecule has 0 spiro atoms. The Balaban J connectivity index is 1.79. The SMILES string of the molecule is COc1ccc(Cl)cc1NC(=O)c1cccc(N2CCCCC2)n1. The molecule has 0 bridgehead atoms. The Morgan fingerprint density at radius 2 is 2.00 bits per heavy atom. The quantitative estimate of drug-likeness (QED) is 0.910. The highest BCUT2D eigenvalue weighted by atomic mass is 35.5. The van der Waals surface area contributed by atoms with Gasteiger partial charge < -0.3 is 15.0 Å². The zero-order valence-corrected chi connectivity index (χ0v) is 14.3. The zero-order chi connectivity index (χ0) is 16.9. The Labute approximate surface area is 146 Å². The summed E-state index contributed by atoms with van der Waals surface area (Å²) in [6, 6.07) is 10.6. The van der Waals surface area contributed by atoms with Crippen molar-refractivity contribution in [2.75, 3.05) is 30.4 Å². The molecule has 1 aliphatic rings. The second kappa shape index (κ2) is 7.53. The molecule has 1 aromatic heterocycles. The van der Waals surface area contributed by atoms with Crippen LogP contribution in [0.15, 0.2) is 36.4 Å². The van der Waals surface area contributed by atoms with E-state index < -0.39 is 0 Å². The highest BCUT2D eigenvalue weighted by molar-refractivity contribution is 6.31. The van der Waals surface area contributed by atoms with Crippen LogP contribution >= 0.6 is 11.6 Å². The summed E-state index contributed by atoms with van der Waals surface area (Å²) >= 11 is 6.00. The average molecular weight is 346 g/mol. The molecule has 1 aromatic carbocycles. The molecule has 0 saturated carbocycles. The third-order valence-corrected chi connectivity index (χ3v) is 4.29. The van der Waals surface area contributed by atoms with Gasteiger partial charge in [-0.15, -0.1) is 0 Å². The predicted octanol–water partition coefficient (Wildman–Crippen LogP) is 3.99. The van der Waals surface area contributed by atoms with Crippen molar-refractivity contribution in [2.24, 2.45) is 0 Å². The standard InChI is InChI=1S/C18H20ClN3O2/c1-24-16-9-8-13(19)12-15(16)21-18(23)14-6-5-7-17(20-14)22-10-3-2-4-11-22/h5-9,12H,2-4,10-11H2,1H3,(H,21,23). The molecule has 1 amide bonds. The second-order valence-corrected chi connectivity index (χ2v) is 6.16. The first kappa shape index (κ1) is 16.6. The highest BCUT2D eigenvalue weighted by Crippen LogP contribution is 2.28. The van der Waals surface area contributed by atoms with Gasteiger partial charge in [-0.05, 0) is 49.6 Å². The minimum absolute atomic E-state index is 0.283. The van der Waals surface area contributed by atoms with Crippen LogP contribution < -0.4 is 15.0 Å². The number of carbonyl (C=O) groups excluding carboxylic acids is 1. The maximum atomic E-state index is 12.5. The van der Waals surface area contributed by atoms with Gasteiger partial charge in [-0.25, -0.2) is 4.98 Å². The van der Waals surface area contributed by atoms with Crippen molar-refractivity contribution >= 4 is 29.0 Å². The number of nitrogens with one attached hydrogen (secondary N) is 1. The molecule has 0 radical (unpaired) electrons. The van der Waals surface area contributed by atoms with Crippen LogP contribution in [0.4, 0.5) is 11.5 Å². The van der Waals surface area contributed by atoms with Crippen LogP contribution in [-0.4, -0.2) is 31.1 Å². The smallest absolute Gasteiger partial charge is 0.274 e. The molecular weight excluding hydrogens is 326 g/mol. The average Bonchev–Trinajstić information content (AvgIpc) is 2.63. The molecule has 24 heavy (non-hydrogen) atoms. The number of nitrogens with zero attached hydrogens (tertiary/aromatic N) is 2. The van der Waals surface area contributed by atoms with Crippen LogP contribution in [0.2, 0.25) is 5.02 Å². The number of halogens is 1. The molecule has 1 fully saturated rings. The predicted molar refractivity (Wildman–Crippen MR) is 96.3 cm³/mol. The molecule has 1 aliphatic heterocycles. The van der Waals surface area contributed by atoms with Crippen molar-refractivity contribution in [2.45, 2.75) is 19.3 Å². The highest BCUT2D eigenvalue weighted by Gasteiger charge is 2.16. The lowest BCUT2D eigenvalue weighted by molar-refractivity contribution is 0.102. The largest absolute Gasteiger partial charge is 0.495 e. The summed E-state index contributed by atoms with van der Waals surface area (Å²) in [5.41, 5.74) is 0.903. The maximum absolute atomic E-state index is 12.5. The van der Waals surface area contributed by atoms with E-state index in [4.69, 9.17) is 16.3 Å². The lowest BCUT2D eigenvalue weighted by Gasteiger charge is -2.27. The maximum Gasteiger partial charge on any atom is 0.274 e. The van der Waals surface area contributed by atoms with Crippen molar-refractivity contribution in [3.8, 4) is 5.75 Å². The number of hydrogen-bond donors (Lipinski definition) is 1. The number of pyridine rings is 1. The van der Waals surface area contributed by atoms with Crippen molar-refractivity contribution in [3.63, 3.8) is 0 Å². The Hall–Kier alpha value is -2.27. The van der Waals surface area contributed by atoms with Crippen LogP contribution in [0.25, 0.3) is 0 Å². The Morgan fingerprint density at radius 1 is 1.21 bits per heavy atom. The number of aromatic nitrogens is 1. The summed E-state index contributed by atoms with van der Waals surface area (Å²) < 4.78 is 5.25. The molecule has 0 atom stereocenters. The summed E-state index contributed by atoms with van der Waals surface area (Å²) in [5, 5.41) is 3.35. The number of ether oxygens (including phenoxy) is 1. The molecule has 126 valence electrons. The number of methoxy groups -OCH3 is 1. The van der Waals surface area contributed by atoms with Crippen molar-refractivity contribution in [1.29, 1.82) is 0 Å². The van der Waals surface area contributed by atoms with Crippen LogP contribution in [-0.2, 0) is 0 Å². The zero-order valence-electron chi connectivity index (χ0n) is 13.6. The number of piperidine rings is 1. The second-order valence-electron chi connectivity index (χ2n) is 5.73. The molecule has 1 saturated heterocycles. The lowest BCUT2D eigenvalue weighted by atomic mass is 10.1. The fourth-order valence-electron chi connectivity index (χ4n) is 2.81. The third-order valence-electron chi connectivity index (χ3n) is 4.06. The molecule has 3 rings (SSSR count). The topological polar surface area (TPSA) is 54.5 Å². The minimum Gasteiger partial charge on any atom is -0.495 e. The van der Waals surface area contributed by atoms with Gasteiger partial charge in [-0.2, -0.15) is 0 Å². The molecule has 6 heteroatoms. The Kier molecular flexibility index (Phi) is 5.20. The van der Waals surface area contributed by atoms with Gasteiger partial charge in [0.25, 0.3) is 5.91 Å². The van der Waals surface area contributed by atoms with Gasteiger partial charge in [-0.1, -0.05) is 17.7 Å². The number of carbonyl (C=O) groups is 1. The molecule has 5 nitrogen and oxygen atoms in total. The Bertz CT molecular complexity index is 730. The van der Waals surface area contributed by atoms with Crippen molar-refractivity contribution < 1.29 is 9.53 Å². The van der Waals surface area contributed by atoms with Gasteiger partial charge in [0.05, 0.1) is 12.8 Å². The van der Waals surface area contributed by atoms with E-state index in [2.05, 4.69) is 15.2 Å². The number of hydrogen-bond acceptors (Lipinski definition) is 4. The van der Waals surface area contributed by atoms with Gasteiger partial charge >= 0.3 is 0 Å². The summed E-state index contributed by atoms with van der Waals surface area (Å²) in [5.74, 6) is 1.12. The molecule has 2 aromatic rings. The first-order valence-corrected chi connectivity index (χ1v) is 8.42. The van der Waals surface area contributed by atoms with Crippen LogP contribution in [0, 0.1) is 0 Å². The minimum atomic E-state index is -0.283. The lowest BCUT2D eigenvalue weighted by Crippen LogP contribution is -2.30. The van der Waals surface area contributed by atoms with Gasteiger partial charge in [-0.3, -0.25) is 4.79 Å². The fraction of sp³-hybridized carbons (Fsp3) is 0.333. The number of rotatable bonds is 4. The van der Waals surface area contributed by atoms with E-state index in [1.165, 1.54) is 6.42 Å². The monoisotopic (exact) mass is 345 g/mol. The molecule has 1 N–H and O–H groups in total. The molecule has 0 unspecified atom stereocenters. The number of anilines is 2. The third kappa shape index (κ3) is 3.79. The van der Waals surface area contributed by atoms with E-state index in [0.717, 1.165) is 31.7 Å². The van der Waals surface area contributed by atoms with E-state index in [-0.39, 0.29) is 5.91 Å². The van der Waals surface area contributed by atoms with Gasteiger partial charge in [0.1, 0.15) is 17.3 Å². The van der Waals surface area contributed by atoms with Crippen LogP contribution in [0.1, 0.15) is 29.8 Å². The van der Waals surface area contributed by atoms with Crippen LogP contribution in [0.5, 0.6) is 5.75 Å². The molecular formula is C18H20ClN3O2.